The van der Waals surface area contributed by atoms with Crippen molar-refractivity contribution in [2.45, 2.75) is 0 Å². The van der Waals surface area contributed by atoms with E-state index in [2.05, 4.69) is 4.98 Å². The van der Waals surface area contributed by atoms with Gasteiger partial charge in [0.1, 0.15) is 0 Å². The molecule has 17 heavy (non-hydrogen) atoms. The summed E-state index contributed by atoms with van der Waals surface area (Å²) in [5.41, 5.74) is 2.48. The lowest BCUT2D eigenvalue weighted by Crippen LogP contribution is -2.08. The molecule has 2 nitrogen and oxygen atoms in total. The molecule has 0 radical (unpaired) electrons. The van der Waals surface area contributed by atoms with Gasteiger partial charge >= 0.3 is 0 Å². The highest BCUT2D eigenvalue weighted by Gasteiger charge is 2.04. The first-order chi connectivity index (χ1) is 8.34. The molecule has 0 saturated carbocycles. The van der Waals surface area contributed by atoms with Crippen molar-refractivity contribution in [1.29, 1.82) is 0 Å². The third-order valence-corrected chi connectivity index (χ3v) is 2.84. The van der Waals surface area contributed by atoms with Crippen LogP contribution < -0.4 is 5.56 Å². The number of fused-ring (bicyclic) bond motifs is 1. The molecule has 1 N–H and O–H groups in total. The second kappa shape index (κ2) is 3.91. The van der Waals surface area contributed by atoms with Gasteiger partial charge in [0.2, 0.25) is 0 Å². The van der Waals surface area contributed by atoms with Gasteiger partial charge < -0.3 is 4.98 Å². The molecule has 0 spiro atoms. The summed E-state index contributed by atoms with van der Waals surface area (Å²) in [6, 6.07) is 19.4. The number of hydrogen-bond donors (Lipinski definition) is 1. The van der Waals surface area contributed by atoms with E-state index in [1.54, 1.807) is 0 Å². The average Bonchev–Trinajstić information content (AvgIpc) is 2.39. The van der Waals surface area contributed by atoms with Crippen molar-refractivity contribution < 1.29 is 0 Å². The number of benzene rings is 2. The molecular weight excluding hydrogens is 210 g/mol. The number of rotatable bonds is 1. The number of H-pyrrole nitrogens is 1. The Hall–Kier alpha value is -2.35. The molecule has 0 fully saturated rings. The van der Waals surface area contributed by atoms with Gasteiger partial charge in [0, 0.05) is 11.1 Å². The zero-order valence-electron chi connectivity index (χ0n) is 9.18. The number of pyridine rings is 1. The molecule has 0 amide bonds. The van der Waals surface area contributed by atoms with Gasteiger partial charge in [-0.2, -0.15) is 0 Å². The van der Waals surface area contributed by atoms with E-state index in [-0.39, 0.29) is 5.56 Å². The van der Waals surface area contributed by atoms with E-state index in [9.17, 15) is 4.79 Å². The first-order valence-corrected chi connectivity index (χ1v) is 5.52. The van der Waals surface area contributed by atoms with Crippen molar-refractivity contribution in [2.75, 3.05) is 0 Å². The Labute approximate surface area is 98.6 Å². The highest BCUT2D eigenvalue weighted by atomic mass is 16.1. The number of hydrogen-bond acceptors (Lipinski definition) is 1. The summed E-state index contributed by atoms with van der Waals surface area (Å²) < 4.78 is 0. The van der Waals surface area contributed by atoms with Crippen LogP contribution in [0, 0.1) is 0 Å². The summed E-state index contributed by atoms with van der Waals surface area (Å²) in [6.07, 6.45) is 0. The quantitative estimate of drug-likeness (QED) is 0.672. The van der Waals surface area contributed by atoms with E-state index < -0.39 is 0 Å². The molecule has 1 aromatic heterocycles. The molecule has 0 aliphatic heterocycles. The van der Waals surface area contributed by atoms with Crippen molar-refractivity contribution in [3.8, 4) is 11.1 Å². The smallest absolute Gasteiger partial charge is 0.256 e. The van der Waals surface area contributed by atoms with Crippen molar-refractivity contribution in [2.24, 2.45) is 0 Å². The van der Waals surface area contributed by atoms with Crippen LogP contribution in [0.1, 0.15) is 0 Å². The number of para-hydroxylation sites is 1. The van der Waals surface area contributed by atoms with Crippen LogP contribution in [0.4, 0.5) is 0 Å². The summed E-state index contributed by atoms with van der Waals surface area (Å²) in [7, 11) is 0. The van der Waals surface area contributed by atoms with E-state index in [0.717, 1.165) is 16.5 Å². The summed E-state index contributed by atoms with van der Waals surface area (Å²) in [5.74, 6) is 0. The van der Waals surface area contributed by atoms with E-state index in [1.807, 2.05) is 60.7 Å². The maximum absolute atomic E-state index is 12.0. The van der Waals surface area contributed by atoms with Crippen LogP contribution in [0.2, 0.25) is 0 Å². The lowest BCUT2D eigenvalue weighted by atomic mass is 10.1. The van der Waals surface area contributed by atoms with E-state index in [0.29, 0.717) is 5.56 Å². The van der Waals surface area contributed by atoms with Crippen LogP contribution in [-0.2, 0) is 0 Å². The van der Waals surface area contributed by atoms with Crippen LogP contribution in [0.3, 0.4) is 0 Å². The van der Waals surface area contributed by atoms with Crippen molar-refractivity contribution in [1.82, 2.24) is 4.98 Å². The van der Waals surface area contributed by atoms with Gasteiger partial charge in [-0.25, -0.2) is 0 Å². The fraction of sp³-hybridized carbons (Fsp3) is 0. The third kappa shape index (κ3) is 1.74. The highest BCUT2D eigenvalue weighted by molar-refractivity contribution is 5.83. The molecule has 0 aliphatic carbocycles. The zero-order valence-corrected chi connectivity index (χ0v) is 9.18. The second-order valence-corrected chi connectivity index (χ2v) is 3.97. The highest BCUT2D eigenvalue weighted by Crippen LogP contribution is 2.18. The van der Waals surface area contributed by atoms with Crippen molar-refractivity contribution in [3.63, 3.8) is 0 Å². The minimum absolute atomic E-state index is 0.0464. The molecule has 0 aliphatic rings. The predicted molar refractivity (Wildman–Crippen MR) is 70.0 cm³/mol. The molecule has 82 valence electrons. The van der Waals surface area contributed by atoms with Gasteiger partial charge in [-0.15, -0.1) is 0 Å². The van der Waals surface area contributed by atoms with Crippen LogP contribution in [0.15, 0.2) is 65.5 Å². The first kappa shape index (κ1) is 9.85. The minimum Gasteiger partial charge on any atom is -0.321 e. The fourth-order valence-corrected chi connectivity index (χ4v) is 1.98. The molecule has 1 heterocycles. The molecule has 0 unspecified atom stereocenters. The first-order valence-electron chi connectivity index (χ1n) is 5.52. The molecule has 3 rings (SSSR count). The normalized spacial score (nSPS) is 10.6. The van der Waals surface area contributed by atoms with E-state index in [4.69, 9.17) is 0 Å². The Morgan fingerprint density at radius 3 is 2.35 bits per heavy atom. The van der Waals surface area contributed by atoms with Crippen LogP contribution in [0.25, 0.3) is 22.0 Å². The molecule has 0 saturated heterocycles. The number of nitrogens with one attached hydrogen (secondary N) is 1. The molecule has 2 heteroatoms. The van der Waals surface area contributed by atoms with Gasteiger partial charge in [0.15, 0.2) is 0 Å². The lowest BCUT2D eigenvalue weighted by Gasteiger charge is -2.03. The van der Waals surface area contributed by atoms with Crippen LogP contribution in [-0.4, -0.2) is 4.98 Å². The third-order valence-electron chi connectivity index (χ3n) is 2.84. The van der Waals surface area contributed by atoms with E-state index >= 15 is 0 Å². The average molecular weight is 221 g/mol. The van der Waals surface area contributed by atoms with Crippen LogP contribution >= 0.6 is 0 Å². The molecule has 0 atom stereocenters. The molecule has 0 bridgehead atoms. The monoisotopic (exact) mass is 221 g/mol. The second-order valence-electron chi connectivity index (χ2n) is 3.97. The van der Waals surface area contributed by atoms with Crippen molar-refractivity contribution >= 4 is 10.9 Å². The molecule has 3 aromatic rings. The van der Waals surface area contributed by atoms with Gasteiger partial charge in [-0.3, -0.25) is 4.79 Å². The van der Waals surface area contributed by atoms with Gasteiger partial charge in [-0.05, 0) is 23.1 Å². The Balaban J connectivity index is 2.31. The number of aromatic amines is 1. The summed E-state index contributed by atoms with van der Waals surface area (Å²) in [5, 5.41) is 1.05. The topological polar surface area (TPSA) is 32.9 Å². The van der Waals surface area contributed by atoms with Gasteiger partial charge in [0.05, 0.1) is 0 Å². The predicted octanol–water partition coefficient (Wildman–Crippen LogP) is 3.20. The lowest BCUT2D eigenvalue weighted by molar-refractivity contribution is 1.31. The fourth-order valence-electron chi connectivity index (χ4n) is 1.98. The van der Waals surface area contributed by atoms with Crippen molar-refractivity contribution in [3.05, 3.63) is 71.0 Å². The van der Waals surface area contributed by atoms with Gasteiger partial charge in [0.25, 0.3) is 5.56 Å². The SMILES string of the molecule is O=c1[nH]c2ccccc2cc1-c1ccccc1. The van der Waals surface area contributed by atoms with Crippen LogP contribution in [0.5, 0.6) is 0 Å². The summed E-state index contributed by atoms with van der Waals surface area (Å²) in [6.45, 7) is 0. The maximum atomic E-state index is 12.0. The minimum atomic E-state index is -0.0464. The standard InChI is InChI=1S/C15H11NO/c17-15-13(11-6-2-1-3-7-11)10-12-8-4-5-9-14(12)16-15/h1-10H,(H,16,17). The number of aromatic nitrogens is 1. The zero-order chi connectivity index (χ0) is 11.7. The Bertz CT molecular complexity index is 714. The Morgan fingerprint density at radius 1 is 0.824 bits per heavy atom. The Kier molecular flexibility index (Phi) is 2.26. The maximum Gasteiger partial charge on any atom is 0.256 e. The Morgan fingerprint density at radius 2 is 1.53 bits per heavy atom. The molecular formula is C15H11NO. The summed E-state index contributed by atoms with van der Waals surface area (Å²) in [4.78, 5) is 14.9. The largest absolute Gasteiger partial charge is 0.321 e. The molecule has 2 aromatic carbocycles. The van der Waals surface area contributed by atoms with Gasteiger partial charge in [-0.1, -0.05) is 48.5 Å². The van der Waals surface area contributed by atoms with E-state index in [1.165, 1.54) is 0 Å². The summed E-state index contributed by atoms with van der Waals surface area (Å²) >= 11 is 0.